The van der Waals surface area contributed by atoms with Gasteiger partial charge in [-0.1, -0.05) is 31.5 Å². The van der Waals surface area contributed by atoms with E-state index >= 15 is 0 Å². The van der Waals surface area contributed by atoms with Crippen LogP contribution in [0.25, 0.3) is 22.2 Å². The third-order valence-electron chi connectivity index (χ3n) is 5.06. The van der Waals surface area contributed by atoms with Crippen LogP contribution in [0.5, 0.6) is 11.5 Å². The van der Waals surface area contributed by atoms with Gasteiger partial charge in [-0.25, -0.2) is 9.67 Å². The average molecular weight is 420 g/mol. The molecule has 0 N–H and O–H groups in total. The SMILES string of the molecule is CCCCOc1ccc(-c2ccnc3c2cnn3Cc2ccc(OC)cc2)cc1S. The number of unbranched alkanes of at least 4 members (excludes halogenated alkanes) is 1. The van der Waals surface area contributed by atoms with Gasteiger partial charge >= 0.3 is 0 Å². The maximum absolute atomic E-state index is 5.83. The van der Waals surface area contributed by atoms with E-state index in [-0.39, 0.29) is 0 Å². The molecular formula is C24H25N3O2S. The van der Waals surface area contributed by atoms with Crippen LogP contribution in [0.15, 0.2) is 65.8 Å². The first-order chi connectivity index (χ1) is 14.7. The van der Waals surface area contributed by atoms with E-state index < -0.39 is 0 Å². The monoisotopic (exact) mass is 419 g/mol. The molecule has 5 nitrogen and oxygen atoms in total. The summed E-state index contributed by atoms with van der Waals surface area (Å²) in [7, 11) is 1.67. The number of aromatic nitrogens is 3. The fourth-order valence-corrected chi connectivity index (χ4v) is 3.66. The van der Waals surface area contributed by atoms with Gasteiger partial charge in [0.2, 0.25) is 0 Å². The normalized spacial score (nSPS) is 11.0. The van der Waals surface area contributed by atoms with Gasteiger partial charge in [0, 0.05) is 16.5 Å². The molecule has 0 amide bonds. The van der Waals surface area contributed by atoms with E-state index in [1.165, 1.54) is 0 Å². The zero-order chi connectivity index (χ0) is 20.9. The van der Waals surface area contributed by atoms with E-state index in [2.05, 4.69) is 35.7 Å². The summed E-state index contributed by atoms with van der Waals surface area (Å²) in [5, 5.41) is 5.60. The van der Waals surface area contributed by atoms with Crippen molar-refractivity contribution in [3.63, 3.8) is 0 Å². The third-order valence-corrected chi connectivity index (χ3v) is 5.41. The van der Waals surface area contributed by atoms with Crippen molar-refractivity contribution in [2.45, 2.75) is 31.2 Å². The Labute approximate surface area is 182 Å². The van der Waals surface area contributed by atoms with Crippen LogP contribution in [0.4, 0.5) is 0 Å². The van der Waals surface area contributed by atoms with Crippen LogP contribution in [0, 0.1) is 0 Å². The predicted molar refractivity (Wildman–Crippen MR) is 123 cm³/mol. The Morgan fingerprint density at radius 1 is 1.07 bits per heavy atom. The Morgan fingerprint density at radius 3 is 2.63 bits per heavy atom. The quantitative estimate of drug-likeness (QED) is 0.297. The second-order valence-corrected chi connectivity index (χ2v) is 7.61. The minimum Gasteiger partial charge on any atom is -0.497 e. The van der Waals surface area contributed by atoms with Gasteiger partial charge in [-0.05, 0) is 53.4 Å². The summed E-state index contributed by atoms with van der Waals surface area (Å²) in [4.78, 5) is 5.41. The predicted octanol–water partition coefficient (Wildman–Crippen LogP) is 5.62. The van der Waals surface area contributed by atoms with E-state index in [0.717, 1.165) is 57.0 Å². The average Bonchev–Trinajstić information content (AvgIpc) is 3.18. The highest BCUT2D eigenvalue weighted by Gasteiger charge is 2.12. The zero-order valence-electron chi connectivity index (χ0n) is 17.2. The van der Waals surface area contributed by atoms with Gasteiger partial charge < -0.3 is 9.47 Å². The number of hydrogen-bond acceptors (Lipinski definition) is 5. The molecule has 0 saturated heterocycles. The highest BCUT2D eigenvalue weighted by molar-refractivity contribution is 7.80. The van der Waals surface area contributed by atoms with Crippen molar-refractivity contribution in [3.8, 4) is 22.6 Å². The van der Waals surface area contributed by atoms with Crippen molar-refractivity contribution in [1.29, 1.82) is 0 Å². The molecule has 30 heavy (non-hydrogen) atoms. The zero-order valence-corrected chi connectivity index (χ0v) is 18.1. The highest BCUT2D eigenvalue weighted by Crippen LogP contribution is 2.33. The summed E-state index contributed by atoms with van der Waals surface area (Å²) < 4.78 is 13.0. The van der Waals surface area contributed by atoms with Gasteiger partial charge in [-0.2, -0.15) is 5.10 Å². The summed E-state index contributed by atoms with van der Waals surface area (Å²) >= 11 is 4.63. The van der Waals surface area contributed by atoms with Crippen LogP contribution >= 0.6 is 12.6 Å². The van der Waals surface area contributed by atoms with Gasteiger partial charge in [0.15, 0.2) is 5.65 Å². The van der Waals surface area contributed by atoms with Crippen LogP contribution in [-0.4, -0.2) is 28.5 Å². The Morgan fingerprint density at radius 2 is 1.90 bits per heavy atom. The number of thiol groups is 1. The standard InChI is InChI=1S/C24H25N3O2S/c1-3-4-13-29-22-10-7-18(14-23(22)30)20-11-12-25-24-21(20)15-26-27(24)16-17-5-8-19(28-2)9-6-17/h5-12,14-15,30H,3-4,13,16H2,1-2H3. The van der Waals surface area contributed by atoms with Crippen molar-refractivity contribution in [2.75, 3.05) is 13.7 Å². The lowest BCUT2D eigenvalue weighted by molar-refractivity contribution is 0.302. The second-order valence-electron chi connectivity index (χ2n) is 7.13. The summed E-state index contributed by atoms with van der Waals surface area (Å²) in [6.07, 6.45) is 5.85. The molecule has 0 atom stereocenters. The number of fused-ring (bicyclic) bond motifs is 1. The number of nitrogens with zero attached hydrogens (tertiary/aromatic N) is 3. The molecule has 0 spiro atoms. The van der Waals surface area contributed by atoms with Gasteiger partial charge in [0.25, 0.3) is 0 Å². The highest BCUT2D eigenvalue weighted by atomic mass is 32.1. The molecule has 0 aliphatic carbocycles. The third kappa shape index (κ3) is 4.28. The van der Waals surface area contributed by atoms with Gasteiger partial charge in [-0.15, -0.1) is 12.6 Å². The largest absolute Gasteiger partial charge is 0.497 e. The van der Waals surface area contributed by atoms with E-state index in [4.69, 9.17) is 9.47 Å². The fourth-order valence-electron chi connectivity index (χ4n) is 3.38. The smallest absolute Gasteiger partial charge is 0.158 e. The molecule has 4 aromatic rings. The number of pyridine rings is 1. The fraction of sp³-hybridized carbons (Fsp3) is 0.250. The number of ether oxygens (including phenoxy) is 2. The molecule has 6 heteroatoms. The molecule has 2 heterocycles. The Bertz CT molecular complexity index is 1140. The van der Waals surface area contributed by atoms with Crippen LogP contribution in [0.1, 0.15) is 25.3 Å². The molecule has 0 fully saturated rings. The van der Waals surface area contributed by atoms with Crippen LogP contribution in [0.3, 0.4) is 0 Å². The lowest BCUT2D eigenvalue weighted by atomic mass is 10.0. The first-order valence-electron chi connectivity index (χ1n) is 10.1. The summed E-state index contributed by atoms with van der Waals surface area (Å²) in [5.74, 6) is 1.66. The molecule has 0 bridgehead atoms. The minimum atomic E-state index is 0.645. The topological polar surface area (TPSA) is 49.2 Å². The van der Waals surface area contributed by atoms with E-state index in [0.29, 0.717) is 13.2 Å². The maximum atomic E-state index is 5.83. The first-order valence-corrected chi connectivity index (χ1v) is 10.5. The Hall–Kier alpha value is -2.99. The molecular weight excluding hydrogens is 394 g/mol. The number of rotatable bonds is 8. The number of methoxy groups -OCH3 is 1. The number of hydrogen-bond donors (Lipinski definition) is 1. The van der Waals surface area contributed by atoms with Gasteiger partial charge in [-0.3, -0.25) is 0 Å². The lowest BCUT2D eigenvalue weighted by Crippen LogP contribution is -2.02. The minimum absolute atomic E-state index is 0.645. The van der Waals surface area contributed by atoms with Crippen molar-refractivity contribution in [3.05, 3.63) is 66.5 Å². The van der Waals surface area contributed by atoms with Crippen LogP contribution in [0.2, 0.25) is 0 Å². The molecule has 2 aromatic carbocycles. The molecule has 0 unspecified atom stereocenters. The summed E-state index contributed by atoms with van der Waals surface area (Å²) in [6, 6.07) is 16.1. The first kappa shape index (κ1) is 20.3. The van der Waals surface area contributed by atoms with Crippen LogP contribution in [-0.2, 0) is 6.54 Å². The van der Waals surface area contributed by atoms with E-state index in [9.17, 15) is 0 Å². The number of benzene rings is 2. The summed E-state index contributed by atoms with van der Waals surface area (Å²) in [6.45, 7) is 3.50. The summed E-state index contributed by atoms with van der Waals surface area (Å²) in [5.41, 5.74) is 4.14. The molecule has 2 aromatic heterocycles. The Balaban J connectivity index is 1.62. The van der Waals surface area contributed by atoms with Crippen molar-refractivity contribution in [2.24, 2.45) is 0 Å². The molecule has 0 saturated carbocycles. The lowest BCUT2D eigenvalue weighted by Gasteiger charge is -2.11. The van der Waals surface area contributed by atoms with Crippen LogP contribution < -0.4 is 9.47 Å². The van der Waals surface area contributed by atoms with Gasteiger partial charge in [0.05, 0.1) is 26.5 Å². The van der Waals surface area contributed by atoms with E-state index in [1.54, 1.807) is 7.11 Å². The maximum Gasteiger partial charge on any atom is 0.158 e. The van der Waals surface area contributed by atoms with E-state index in [1.807, 2.05) is 59.5 Å². The van der Waals surface area contributed by atoms with Gasteiger partial charge in [0.1, 0.15) is 11.5 Å². The second kappa shape index (κ2) is 9.22. The van der Waals surface area contributed by atoms with Crippen molar-refractivity contribution < 1.29 is 9.47 Å². The molecule has 154 valence electrons. The Kier molecular flexibility index (Phi) is 6.23. The molecule has 0 aliphatic rings. The van der Waals surface area contributed by atoms with Crippen molar-refractivity contribution >= 4 is 23.7 Å². The molecule has 0 aliphatic heterocycles. The van der Waals surface area contributed by atoms with Crippen molar-refractivity contribution in [1.82, 2.24) is 14.8 Å². The molecule has 0 radical (unpaired) electrons. The molecule has 4 rings (SSSR count).